The molecule has 0 aliphatic heterocycles. The fourth-order valence-corrected chi connectivity index (χ4v) is 3.37. The van der Waals surface area contributed by atoms with E-state index in [1.807, 2.05) is 0 Å². The summed E-state index contributed by atoms with van der Waals surface area (Å²) in [6.07, 6.45) is 5.33. The van der Waals surface area contributed by atoms with Gasteiger partial charge in [-0.2, -0.15) is 5.10 Å². The maximum Gasteiger partial charge on any atom is 0.282 e. The first kappa shape index (κ1) is 13.6. The average molecular weight is 314 g/mol. The van der Waals surface area contributed by atoms with Crippen LogP contribution in [-0.4, -0.2) is 15.8 Å². The number of hydrogen-bond donors (Lipinski definition) is 1. The minimum atomic E-state index is -0.100. The van der Waals surface area contributed by atoms with Crippen LogP contribution in [-0.2, 0) is 7.05 Å². The molecule has 1 aliphatic carbocycles. The lowest BCUT2D eigenvalue weighted by Gasteiger charge is -2.32. The Morgan fingerprint density at radius 3 is 2.56 bits per heavy atom. The molecule has 2 atom stereocenters. The molecule has 1 aromatic rings. The lowest BCUT2D eigenvalue weighted by molar-refractivity contribution is 0.280. The normalized spacial score (nSPS) is 28.1. The van der Waals surface area contributed by atoms with E-state index in [0.29, 0.717) is 10.5 Å². The van der Waals surface area contributed by atoms with Crippen LogP contribution in [0.1, 0.15) is 33.1 Å². The smallest absolute Gasteiger partial charge is 0.282 e. The lowest BCUT2D eigenvalue weighted by atomic mass is 9.80. The Hall–Kier alpha value is -0.840. The van der Waals surface area contributed by atoms with E-state index in [-0.39, 0.29) is 5.56 Å². The lowest BCUT2D eigenvalue weighted by Crippen LogP contribution is -2.31. The molecule has 4 nitrogen and oxygen atoms in total. The summed E-state index contributed by atoms with van der Waals surface area (Å²) >= 11 is 3.35. The number of nitrogens with one attached hydrogen (secondary N) is 1. The molecule has 0 spiro atoms. The van der Waals surface area contributed by atoms with Gasteiger partial charge in [-0.3, -0.25) is 4.79 Å². The summed E-state index contributed by atoms with van der Waals surface area (Å²) in [7, 11) is 1.65. The van der Waals surface area contributed by atoms with Crippen molar-refractivity contribution >= 4 is 21.6 Å². The van der Waals surface area contributed by atoms with Crippen LogP contribution in [0.25, 0.3) is 0 Å². The fourth-order valence-electron chi connectivity index (χ4n) is 2.90. The molecule has 5 heteroatoms. The first-order valence-electron chi connectivity index (χ1n) is 6.45. The van der Waals surface area contributed by atoms with Crippen molar-refractivity contribution in [3.05, 3.63) is 21.0 Å². The summed E-state index contributed by atoms with van der Waals surface area (Å²) in [5.74, 6) is 1.48. The van der Waals surface area contributed by atoms with Gasteiger partial charge in [0, 0.05) is 13.1 Å². The summed E-state index contributed by atoms with van der Waals surface area (Å²) in [6, 6.07) is 0.439. The van der Waals surface area contributed by atoms with Crippen LogP contribution in [0.15, 0.2) is 15.5 Å². The summed E-state index contributed by atoms with van der Waals surface area (Å²) in [5, 5.41) is 7.51. The Morgan fingerprint density at radius 2 is 1.94 bits per heavy atom. The van der Waals surface area contributed by atoms with Crippen molar-refractivity contribution in [3.8, 4) is 0 Å². The number of aromatic nitrogens is 2. The third-order valence-electron chi connectivity index (χ3n) is 3.62. The van der Waals surface area contributed by atoms with Crippen LogP contribution < -0.4 is 10.9 Å². The molecule has 1 aromatic heterocycles. The second-order valence-electron chi connectivity index (χ2n) is 5.56. The minimum Gasteiger partial charge on any atom is -0.380 e. The van der Waals surface area contributed by atoms with Gasteiger partial charge in [0.1, 0.15) is 4.47 Å². The van der Waals surface area contributed by atoms with E-state index in [9.17, 15) is 4.79 Å². The highest BCUT2D eigenvalue weighted by Crippen LogP contribution is 2.31. The molecule has 1 N–H and O–H groups in total. The highest BCUT2D eigenvalue weighted by molar-refractivity contribution is 9.10. The number of rotatable bonds is 2. The maximum absolute atomic E-state index is 11.8. The third-order valence-corrected chi connectivity index (χ3v) is 4.38. The van der Waals surface area contributed by atoms with Crippen molar-refractivity contribution in [1.82, 2.24) is 9.78 Å². The van der Waals surface area contributed by atoms with Crippen LogP contribution in [0.2, 0.25) is 0 Å². The first-order valence-corrected chi connectivity index (χ1v) is 7.25. The molecule has 1 saturated carbocycles. The number of halogens is 1. The van der Waals surface area contributed by atoms with Crippen LogP contribution in [0.4, 0.5) is 5.69 Å². The quantitative estimate of drug-likeness (QED) is 0.913. The Bertz CT molecular complexity index is 476. The molecule has 1 aliphatic rings. The van der Waals surface area contributed by atoms with Crippen molar-refractivity contribution in [1.29, 1.82) is 0 Å². The van der Waals surface area contributed by atoms with Crippen LogP contribution >= 0.6 is 15.9 Å². The van der Waals surface area contributed by atoms with E-state index in [1.165, 1.54) is 11.1 Å². The second kappa shape index (κ2) is 5.43. The van der Waals surface area contributed by atoms with Gasteiger partial charge in [-0.1, -0.05) is 13.8 Å². The third kappa shape index (κ3) is 2.94. The number of nitrogens with zero attached hydrogens (tertiary/aromatic N) is 2. The largest absolute Gasteiger partial charge is 0.380 e. The monoisotopic (exact) mass is 313 g/mol. The summed E-state index contributed by atoms with van der Waals surface area (Å²) in [4.78, 5) is 11.8. The Labute approximate surface area is 116 Å². The van der Waals surface area contributed by atoms with Crippen molar-refractivity contribution in [3.63, 3.8) is 0 Å². The van der Waals surface area contributed by atoms with Crippen molar-refractivity contribution in [2.75, 3.05) is 5.32 Å². The molecule has 1 heterocycles. The molecule has 2 rings (SSSR count). The van der Waals surface area contributed by atoms with Crippen LogP contribution in [0.5, 0.6) is 0 Å². The zero-order chi connectivity index (χ0) is 13.3. The van der Waals surface area contributed by atoms with E-state index < -0.39 is 0 Å². The van der Waals surface area contributed by atoms with Gasteiger partial charge >= 0.3 is 0 Å². The van der Waals surface area contributed by atoms with E-state index in [1.54, 1.807) is 13.2 Å². The molecule has 0 aromatic carbocycles. The van der Waals surface area contributed by atoms with Gasteiger partial charge in [0.25, 0.3) is 5.56 Å². The minimum absolute atomic E-state index is 0.100. The Kier molecular flexibility index (Phi) is 4.10. The second-order valence-corrected chi connectivity index (χ2v) is 6.35. The Morgan fingerprint density at radius 1 is 1.33 bits per heavy atom. The van der Waals surface area contributed by atoms with Gasteiger partial charge < -0.3 is 5.32 Å². The zero-order valence-corrected chi connectivity index (χ0v) is 12.7. The molecule has 100 valence electrons. The SMILES string of the molecule is CC1CC(C)CC(Nc2cnn(C)c(=O)c2Br)C1. The van der Waals surface area contributed by atoms with E-state index in [2.05, 4.69) is 40.2 Å². The van der Waals surface area contributed by atoms with E-state index in [0.717, 1.165) is 30.4 Å². The molecule has 18 heavy (non-hydrogen) atoms. The highest BCUT2D eigenvalue weighted by atomic mass is 79.9. The molecule has 1 fully saturated rings. The average Bonchev–Trinajstić information content (AvgIpc) is 2.29. The van der Waals surface area contributed by atoms with Gasteiger partial charge in [0.05, 0.1) is 11.9 Å². The van der Waals surface area contributed by atoms with Gasteiger partial charge in [-0.05, 0) is 47.0 Å². The van der Waals surface area contributed by atoms with E-state index in [4.69, 9.17) is 0 Å². The summed E-state index contributed by atoms with van der Waals surface area (Å²) in [6.45, 7) is 4.59. The summed E-state index contributed by atoms with van der Waals surface area (Å²) in [5.41, 5.74) is 0.710. The molecule has 0 amide bonds. The van der Waals surface area contributed by atoms with Crippen LogP contribution in [0, 0.1) is 11.8 Å². The fraction of sp³-hybridized carbons (Fsp3) is 0.692. The van der Waals surface area contributed by atoms with Crippen molar-refractivity contribution < 1.29 is 0 Å². The summed E-state index contributed by atoms with van der Waals surface area (Å²) < 4.78 is 1.91. The molecule has 2 unspecified atom stereocenters. The highest BCUT2D eigenvalue weighted by Gasteiger charge is 2.24. The van der Waals surface area contributed by atoms with Gasteiger partial charge in [-0.25, -0.2) is 4.68 Å². The molecule has 0 saturated heterocycles. The van der Waals surface area contributed by atoms with E-state index >= 15 is 0 Å². The molecule has 0 radical (unpaired) electrons. The molecular weight excluding hydrogens is 294 g/mol. The number of hydrogen-bond acceptors (Lipinski definition) is 3. The predicted octanol–water partition coefficient (Wildman–Crippen LogP) is 2.78. The van der Waals surface area contributed by atoms with Gasteiger partial charge in [0.2, 0.25) is 0 Å². The predicted molar refractivity (Wildman–Crippen MR) is 76.8 cm³/mol. The van der Waals surface area contributed by atoms with Crippen molar-refractivity contribution in [2.45, 2.75) is 39.2 Å². The van der Waals surface area contributed by atoms with Gasteiger partial charge in [0.15, 0.2) is 0 Å². The van der Waals surface area contributed by atoms with Crippen molar-refractivity contribution in [2.24, 2.45) is 18.9 Å². The first-order chi connectivity index (χ1) is 8.47. The number of aryl methyl sites for hydroxylation is 1. The zero-order valence-electron chi connectivity index (χ0n) is 11.1. The number of anilines is 1. The maximum atomic E-state index is 11.8. The standard InChI is InChI=1S/C13H20BrN3O/c1-8-4-9(2)6-10(5-8)16-11-7-15-17(3)13(18)12(11)14/h7-10,16H,4-6H2,1-3H3. The van der Waals surface area contributed by atoms with Gasteiger partial charge in [-0.15, -0.1) is 0 Å². The molecule has 0 bridgehead atoms. The molecular formula is C13H20BrN3O. The van der Waals surface area contributed by atoms with Crippen LogP contribution in [0.3, 0.4) is 0 Å². The Balaban J connectivity index is 2.14. The topological polar surface area (TPSA) is 46.9 Å².